The van der Waals surface area contributed by atoms with Crippen molar-refractivity contribution in [2.24, 2.45) is 5.92 Å². The molecule has 0 aliphatic carbocycles. The Bertz CT molecular complexity index is 626. The number of unbranched alkanes of at least 4 members (excludes halogenated alkanes) is 1. The Hall–Kier alpha value is -1.89. The molecule has 0 aliphatic heterocycles. The van der Waals surface area contributed by atoms with Crippen LogP contribution in [0, 0.1) is 5.92 Å². The zero-order valence-electron chi connectivity index (χ0n) is 16.9. The van der Waals surface area contributed by atoms with Crippen molar-refractivity contribution < 1.29 is 33.0 Å². The van der Waals surface area contributed by atoms with Gasteiger partial charge in [-0.2, -0.15) is 13.2 Å². The number of carbonyl (C=O) groups excluding carboxylic acids is 1. The number of hydrogen-bond donors (Lipinski definition) is 2. The normalized spacial score (nSPS) is 13.8. The van der Waals surface area contributed by atoms with Gasteiger partial charge < -0.3 is 10.2 Å². The molecule has 0 spiro atoms. The van der Waals surface area contributed by atoms with Gasteiger partial charge in [-0.3, -0.25) is 4.79 Å². The number of aliphatic hydroxyl groups is 1. The van der Waals surface area contributed by atoms with Crippen LogP contribution in [-0.2, 0) is 11.2 Å². The van der Waals surface area contributed by atoms with Crippen molar-refractivity contribution >= 4 is 11.8 Å². The van der Waals surface area contributed by atoms with Crippen molar-refractivity contribution in [3.8, 4) is 0 Å². The summed E-state index contributed by atoms with van der Waals surface area (Å²) in [4.78, 5) is 22.7. The second-order valence-corrected chi connectivity index (χ2v) is 7.65. The number of carbonyl (C=O) groups is 2. The summed E-state index contributed by atoms with van der Waals surface area (Å²) in [6.45, 7) is 1.56. The predicted molar refractivity (Wildman–Crippen MR) is 105 cm³/mol. The summed E-state index contributed by atoms with van der Waals surface area (Å²) in [5.74, 6) is -0.952. The number of aryl methyl sites for hydroxylation is 1. The molecule has 0 radical (unpaired) electrons. The number of hydrogen-bond acceptors (Lipinski definition) is 3. The maximum atomic E-state index is 12.1. The lowest BCUT2D eigenvalue weighted by molar-refractivity contribution is -0.135. The minimum atomic E-state index is -4.14. The summed E-state index contributed by atoms with van der Waals surface area (Å²) in [7, 11) is 0. The molecule has 0 amide bonds. The maximum absolute atomic E-state index is 12.1. The van der Waals surface area contributed by atoms with Crippen molar-refractivity contribution in [3.05, 3.63) is 35.4 Å². The quantitative estimate of drug-likeness (QED) is 0.389. The monoisotopic (exact) mass is 416 g/mol. The molecule has 1 aromatic rings. The molecule has 1 aromatic carbocycles. The average Bonchev–Trinajstić information content (AvgIpc) is 2.63. The third-order valence-corrected chi connectivity index (χ3v) is 5.13. The van der Waals surface area contributed by atoms with Crippen LogP contribution in [0.2, 0.25) is 0 Å². The van der Waals surface area contributed by atoms with Crippen LogP contribution in [-0.4, -0.2) is 34.2 Å². The molecule has 7 heteroatoms. The summed E-state index contributed by atoms with van der Waals surface area (Å²) in [6.07, 6.45) is -0.752. The molecule has 2 unspecified atom stereocenters. The number of benzene rings is 1. The second kappa shape index (κ2) is 12.6. The molecule has 2 N–H and O–H groups in total. The van der Waals surface area contributed by atoms with Gasteiger partial charge in [0, 0.05) is 12.3 Å². The first-order chi connectivity index (χ1) is 13.6. The summed E-state index contributed by atoms with van der Waals surface area (Å²) in [6, 6.07) is 6.69. The minimum Gasteiger partial charge on any atom is -0.478 e. The van der Waals surface area contributed by atoms with Gasteiger partial charge in [-0.15, -0.1) is 0 Å². The zero-order valence-corrected chi connectivity index (χ0v) is 16.9. The van der Waals surface area contributed by atoms with E-state index in [-0.39, 0.29) is 23.7 Å². The third kappa shape index (κ3) is 11.6. The number of carboxylic acids is 1. The highest BCUT2D eigenvalue weighted by molar-refractivity contribution is 5.87. The molecule has 0 heterocycles. The zero-order chi connectivity index (χ0) is 21.9. The summed E-state index contributed by atoms with van der Waals surface area (Å²) >= 11 is 0. The molecular weight excluding hydrogens is 385 g/mol. The van der Waals surface area contributed by atoms with Gasteiger partial charge in [0.25, 0.3) is 0 Å². The lowest BCUT2D eigenvalue weighted by Gasteiger charge is -2.16. The van der Waals surface area contributed by atoms with E-state index in [9.17, 15) is 27.9 Å². The van der Waals surface area contributed by atoms with Gasteiger partial charge in [0.2, 0.25) is 0 Å². The fraction of sp³-hybridized carbons (Fsp3) is 0.636. The first-order valence-electron chi connectivity index (χ1n) is 10.2. The molecule has 0 saturated carbocycles. The van der Waals surface area contributed by atoms with Gasteiger partial charge in [0.05, 0.1) is 11.7 Å². The lowest BCUT2D eigenvalue weighted by Crippen LogP contribution is -2.14. The van der Waals surface area contributed by atoms with Crippen LogP contribution in [0.3, 0.4) is 0 Å². The Morgan fingerprint density at radius 3 is 2.07 bits per heavy atom. The number of carboxylic acid groups (broad SMARTS) is 1. The number of Topliss-reactive ketones (excluding diaryl/α,β-unsaturated/α-hetero) is 1. The Balaban J connectivity index is 2.25. The SMILES string of the molecule is CC(=O)C(CCCc1ccc(C(=O)O)cc1)CCCC(O)CCCCC(F)(F)F. The molecule has 0 saturated heterocycles. The van der Waals surface area contributed by atoms with Crippen molar-refractivity contribution in [2.75, 3.05) is 0 Å². The maximum Gasteiger partial charge on any atom is 0.389 e. The second-order valence-electron chi connectivity index (χ2n) is 7.65. The van der Waals surface area contributed by atoms with Gasteiger partial charge in [0.1, 0.15) is 5.78 Å². The molecule has 1 rings (SSSR count). The smallest absolute Gasteiger partial charge is 0.389 e. The Labute approximate surface area is 170 Å². The third-order valence-electron chi connectivity index (χ3n) is 5.13. The molecule has 4 nitrogen and oxygen atoms in total. The molecule has 164 valence electrons. The van der Waals surface area contributed by atoms with Crippen molar-refractivity contribution in [1.29, 1.82) is 0 Å². The fourth-order valence-corrected chi connectivity index (χ4v) is 3.37. The predicted octanol–water partition coefficient (Wildman–Crippen LogP) is 5.57. The number of ketones is 1. The molecular formula is C22H31F3O4. The van der Waals surface area contributed by atoms with Gasteiger partial charge in [-0.05, 0) is 69.6 Å². The largest absolute Gasteiger partial charge is 0.478 e. The van der Waals surface area contributed by atoms with Gasteiger partial charge in [-0.1, -0.05) is 25.0 Å². The van der Waals surface area contributed by atoms with E-state index in [0.717, 1.165) is 24.8 Å². The van der Waals surface area contributed by atoms with Crippen LogP contribution in [0.15, 0.2) is 24.3 Å². The average molecular weight is 416 g/mol. The van der Waals surface area contributed by atoms with Crippen LogP contribution in [0.25, 0.3) is 0 Å². The van der Waals surface area contributed by atoms with Crippen LogP contribution in [0.4, 0.5) is 13.2 Å². The van der Waals surface area contributed by atoms with Crippen molar-refractivity contribution in [3.63, 3.8) is 0 Å². The Kier molecular flexibility index (Phi) is 10.9. The van der Waals surface area contributed by atoms with Gasteiger partial charge in [-0.25, -0.2) is 4.79 Å². The van der Waals surface area contributed by atoms with E-state index in [2.05, 4.69) is 0 Å². The van der Waals surface area contributed by atoms with E-state index in [0.29, 0.717) is 32.1 Å². The number of alkyl halides is 3. The van der Waals surface area contributed by atoms with E-state index in [1.807, 2.05) is 0 Å². The van der Waals surface area contributed by atoms with E-state index in [4.69, 9.17) is 5.11 Å². The van der Waals surface area contributed by atoms with Crippen LogP contribution >= 0.6 is 0 Å². The van der Waals surface area contributed by atoms with Crippen LogP contribution in [0.5, 0.6) is 0 Å². The van der Waals surface area contributed by atoms with Crippen LogP contribution < -0.4 is 0 Å². The highest BCUT2D eigenvalue weighted by Crippen LogP contribution is 2.24. The molecule has 29 heavy (non-hydrogen) atoms. The lowest BCUT2D eigenvalue weighted by atomic mass is 9.90. The highest BCUT2D eigenvalue weighted by Gasteiger charge is 2.26. The molecule has 0 fully saturated rings. The number of aliphatic hydroxyl groups excluding tert-OH is 1. The van der Waals surface area contributed by atoms with Gasteiger partial charge in [0.15, 0.2) is 0 Å². The Morgan fingerprint density at radius 1 is 0.931 bits per heavy atom. The number of aromatic carboxylic acids is 1. The van der Waals surface area contributed by atoms with Crippen molar-refractivity contribution in [1.82, 2.24) is 0 Å². The molecule has 0 bridgehead atoms. The first kappa shape index (κ1) is 25.1. The molecule has 0 aliphatic rings. The minimum absolute atomic E-state index is 0.0318. The van der Waals surface area contributed by atoms with E-state index in [1.165, 1.54) is 0 Å². The van der Waals surface area contributed by atoms with Crippen molar-refractivity contribution in [2.45, 2.75) is 83.4 Å². The van der Waals surface area contributed by atoms with E-state index >= 15 is 0 Å². The summed E-state index contributed by atoms with van der Waals surface area (Å²) < 4.78 is 36.3. The topological polar surface area (TPSA) is 74.6 Å². The van der Waals surface area contributed by atoms with Crippen LogP contribution in [0.1, 0.15) is 80.6 Å². The van der Waals surface area contributed by atoms with E-state index in [1.54, 1.807) is 31.2 Å². The fourth-order valence-electron chi connectivity index (χ4n) is 3.37. The summed E-state index contributed by atoms with van der Waals surface area (Å²) in [5.41, 5.74) is 1.26. The molecule has 0 aromatic heterocycles. The number of halogens is 3. The standard InChI is InChI=1S/C22H31F3O4/c1-16(26)18(7-4-6-17-11-13-19(14-12-17)21(28)29)8-5-10-20(27)9-2-3-15-22(23,24)25/h11-14,18,20,27H,2-10,15H2,1H3,(H,28,29). The van der Waals surface area contributed by atoms with E-state index < -0.39 is 24.7 Å². The Morgan fingerprint density at radius 2 is 1.52 bits per heavy atom. The summed E-state index contributed by atoms with van der Waals surface area (Å²) in [5, 5.41) is 18.8. The van der Waals surface area contributed by atoms with Gasteiger partial charge >= 0.3 is 12.1 Å². The highest BCUT2D eigenvalue weighted by atomic mass is 19.4. The molecule has 2 atom stereocenters. The first-order valence-corrected chi connectivity index (χ1v) is 10.2. The number of rotatable bonds is 14.